The Morgan fingerprint density at radius 2 is 2.17 bits per heavy atom. The Hall–Kier alpha value is -2.41. The maximum atomic E-state index is 11.8. The summed E-state index contributed by atoms with van der Waals surface area (Å²) >= 11 is 1.43. The number of nitrogens with zero attached hydrogens (tertiary/aromatic N) is 1. The zero-order valence-corrected chi connectivity index (χ0v) is 14.8. The number of hydrogen-bond donors (Lipinski definition) is 2. The van der Waals surface area contributed by atoms with Gasteiger partial charge in [0.05, 0.1) is 11.4 Å². The Labute approximate surface area is 144 Å². The van der Waals surface area contributed by atoms with Gasteiger partial charge < -0.3 is 15.4 Å². The highest BCUT2D eigenvalue weighted by atomic mass is 32.1. The Morgan fingerprint density at radius 3 is 2.88 bits per heavy atom. The molecule has 1 aromatic carbocycles. The largest absolute Gasteiger partial charge is 0.479 e. The summed E-state index contributed by atoms with van der Waals surface area (Å²) in [5, 5.41) is 6.23. The van der Waals surface area contributed by atoms with Crippen molar-refractivity contribution < 1.29 is 14.3 Å². The predicted octanol–water partition coefficient (Wildman–Crippen LogP) is 3.43. The number of fused-ring (bicyclic) bond motifs is 1. The van der Waals surface area contributed by atoms with Gasteiger partial charge in [-0.15, -0.1) is 11.3 Å². The summed E-state index contributed by atoms with van der Waals surface area (Å²) in [4.78, 5) is 29.1. The Kier molecular flexibility index (Phi) is 4.28. The molecule has 0 spiro atoms. The predicted molar refractivity (Wildman–Crippen MR) is 94.5 cm³/mol. The molecule has 24 heavy (non-hydrogen) atoms. The summed E-state index contributed by atoms with van der Waals surface area (Å²) < 4.78 is 5.56. The highest BCUT2D eigenvalue weighted by Crippen LogP contribution is 2.36. The third-order valence-corrected chi connectivity index (χ3v) is 4.62. The van der Waals surface area contributed by atoms with Gasteiger partial charge in [-0.1, -0.05) is 13.8 Å². The number of nitrogens with one attached hydrogen (secondary N) is 2. The lowest BCUT2D eigenvalue weighted by Gasteiger charge is -2.23. The first-order chi connectivity index (χ1) is 11.3. The van der Waals surface area contributed by atoms with Gasteiger partial charge in [0.15, 0.2) is 11.2 Å². The van der Waals surface area contributed by atoms with Crippen LogP contribution in [-0.4, -0.2) is 22.9 Å². The van der Waals surface area contributed by atoms with Crippen LogP contribution in [0.5, 0.6) is 5.75 Å². The number of aryl methyl sites for hydroxylation is 1. The molecule has 7 heteroatoms. The summed E-state index contributed by atoms with van der Waals surface area (Å²) in [6.45, 7) is 7.34. The maximum absolute atomic E-state index is 11.8. The van der Waals surface area contributed by atoms with Crippen molar-refractivity contribution in [1.82, 2.24) is 4.98 Å². The van der Waals surface area contributed by atoms with E-state index in [0.29, 0.717) is 16.6 Å². The molecule has 0 saturated heterocycles. The molecular formula is C17H19N3O3S. The van der Waals surface area contributed by atoms with Crippen LogP contribution in [0.4, 0.5) is 10.8 Å². The lowest BCUT2D eigenvalue weighted by atomic mass is 10.1. The van der Waals surface area contributed by atoms with E-state index in [1.807, 2.05) is 39.0 Å². The molecule has 1 aliphatic rings. The van der Waals surface area contributed by atoms with Gasteiger partial charge in [0, 0.05) is 16.4 Å². The zero-order chi connectivity index (χ0) is 17.4. The second-order valence-electron chi connectivity index (χ2n) is 6.03. The Morgan fingerprint density at radius 1 is 1.42 bits per heavy atom. The van der Waals surface area contributed by atoms with E-state index in [-0.39, 0.29) is 17.7 Å². The van der Waals surface area contributed by atoms with Crippen molar-refractivity contribution in [3.8, 4) is 17.0 Å². The van der Waals surface area contributed by atoms with Gasteiger partial charge in [-0.2, -0.15) is 0 Å². The third kappa shape index (κ3) is 3.12. The van der Waals surface area contributed by atoms with Crippen molar-refractivity contribution in [2.75, 3.05) is 10.6 Å². The monoisotopic (exact) mass is 345 g/mol. The number of hydrogen-bond acceptors (Lipinski definition) is 5. The second kappa shape index (κ2) is 6.24. The molecule has 0 radical (unpaired) electrons. The van der Waals surface area contributed by atoms with E-state index in [2.05, 4.69) is 15.6 Å². The minimum atomic E-state index is -0.498. The van der Waals surface area contributed by atoms with E-state index >= 15 is 0 Å². The minimum Gasteiger partial charge on any atom is -0.479 e. The van der Waals surface area contributed by atoms with Crippen molar-refractivity contribution in [3.63, 3.8) is 0 Å². The summed E-state index contributed by atoms with van der Waals surface area (Å²) in [6.07, 6.45) is -0.498. The lowest BCUT2D eigenvalue weighted by Crippen LogP contribution is -2.34. The number of benzene rings is 1. The highest BCUT2D eigenvalue weighted by Gasteiger charge is 2.24. The van der Waals surface area contributed by atoms with Crippen molar-refractivity contribution in [1.29, 1.82) is 0 Å². The molecule has 2 heterocycles. The molecule has 3 rings (SSSR count). The van der Waals surface area contributed by atoms with Gasteiger partial charge in [0.25, 0.3) is 5.91 Å². The number of thiazole rings is 1. The number of ether oxygens (including phenoxy) is 1. The molecule has 2 N–H and O–H groups in total. The molecule has 1 aromatic heterocycles. The summed E-state index contributed by atoms with van der Waals surface area (Å²) in [5.74, 6) is 0.317. The summed E-state index contributed by atoms with van der Waals surface area (Å²) in [7, 11) is 0. The molecule has 0 fully saturated rings. The first kappa shape index (κ1) is 16.4. The van der Waals surface area contributed by atoms with E-state index < -0.39 is 6.10 Å². The van der Waals surface area contributed by atoms with Crippen LogP contribution in [0.15, 0.2) is 18.2 Å². The number of carbonyl (C=O) groups excluding carboxylic acids is 2. The van der Waals surface area contributed by atoms with Crippen molar-refractivity contribution >= 4 is 34.0 Å². The number of anilines is 2. The fourth-order valence-corrected chi connectivity index (χ4v) is 3.16. The van der Waals surface area contributed by atoms with Gasteiger partial charge >= 0.3 is 0 Å². The van der Waals surface area contributed by atoms with Crippen LogP contribution in [0, 0.1) is 12.8 Å². The topological polar surface area (TPSA) is 80.3 Å². The Bertz CT molecular complexity index is 813. The average molecular weight is 345 g/mol. The van der Waals surface area contributed by atoms with Crippen LogP contribution < -0.4 is 15.4 Å². The van der Waals surface area contributed by atoms with Crippen molar-refractivity contribution in [2.24, 2.45) is 5.92 Å². The number of carbonyl (C=O) groups is 2. The first-order valence-corrected chi connectivity index (χ1v) is 8.57. The van der Waals surface area contributed by atoms with Crippen molar-refractivity contribution in [3.05, 3.63) is 23.1 Å². The minimum absolute atomic E-state index is 0.0598. The van der Waals surface area contributed by atoms with E-state index in [1.165, 1.54) is 11.3 Å². The molecule has 0 bridgehead atoms. The normalized spacial score (nSPS) is 16.4. The van der Waals surface area contributed by atoms with Crippen molar-refractivity contribution in [2.45, 2.75) is 33.8 Å². The molecule has 1 aliphatic heterocycles. The molecule has 1 atom stereocenters. The third-order valence-electron chi connectivity index (χ3n) is 3.73. The number of amides is 2. The average Bonchev–Trinajstić information content (AvgIpc) is 2.88. The smallest absolute Gasteiger partial charge is 0.265 e. The van der Waals surface area contributed by atoms with Crippen LogP contribution >= 0.6 is 11.3 Å². The maximum Gasteiger partial charge on any atom is 0.265 e. The number of rotatable bonds is 3. The Balaban J connectivity index is 1.90. The van der Waals surface area contributed by atoms with E-state index in [4.69, 9.17) is 4.74 Å². The van der Waals surface area contributed by atoms with Crippen LogP contribution in [0.2, 0.25) is 0 Å². The van der Waals surface area contributed by atoms with Gasteiger partial charge in [-0.3, -0.25) is 9.59 Å². The molecule has 126 valence electrons. The molecule has 0 saturated carbocycles. The fourth-order valence-electron chi connectivity index (χ4n) is 2.32. The highest BCUT2D eigenvalue weighted by molar-refractivity contribution is 7.16. The molecule has 2 aromatic rings. The van der Waals surface area contributed by atoms with Gasteiger partial charge in [0.2, 0.25) is 5.91 Å². The first-order valence-electron chi connectivity index (χ1n) is 7.75. The summed E-state index contributed by atoms with van der Waals surface area (Å²) in [5.41, 5.74) is 2.29. The summed E-state index contributed by atoms with van der Waals surface area (Å²) in [6, 6.07) is 5.57. The van der Waals surface area contributed by atoms with Crippen LogP contribution in [0.25, 0.3) is 11.3 Å². The lowest BCUT2D eigenvalue weighted by molar-refractivity contribution is -0.122. The van der Waals surface area contributed by atoms with Crippen LogP contribution in [0.3, 0.4) is 0 Å². The van der Waals surface area contributed by atoms with Crippen LogP contribution in [0.1, 0.15) is 25.6 Å². The van der Waals surface area contributed by atoms with E-state index in [9.17, 15) is 9.59 Å². The van der Waals surface area contributed by atoms with E-state index in [0.717, 1.165) is 16.1 Å². The molecular weight excluding hydrogens is 326 g/mol. The SMILES string of the molecule is Cc1sc(NC(=O)C(C)C)nc1-c1ccc2c(c1)NC(=O)C(C)O2. The van der Waals surface area contributed by atoms with Gasteiger partial charge in [-0.25, -0.2) is 4.98 Å². The van der Waals surface area contributed by atoms with Crippen LogP contribution in [-0.2, 0) is 9.59 Å². The molecule has 2 amide bonds. The zero-order valence-electron chi connectivity index (χ0n) is 14.0. The molecule has 1 unspecified atom stereocenters. The molecule has 6 nitrogen and oxygen atoms in total. The number of aromatic nitrogens is 1. The van der Waals surface area contributed by atoms with Gasteiger partial charge in [0.1, 0.15) is 5.75 Å². The van der Waals surface area contributed by atoms with E-state index in [1.54, 1.807) is 6.92 Å². The standard InChI is InChI=1S/C17H19N3O3S/c1-8(2)15(21)20-17-19-14(10(4)24-17)11-5-6-13-12(7-11)18-16(22)9(3)23-13/h5-9H,1-4H3,(H,18,22)(H,19,20,21). The second-order valence-corrected chi connectivity index (χ2v) is 7.23. The fraction of sp³-hybridized carbons (Fsp3) is 0.353. The molecule has 0 aliphatic carbocycles. The quantitative estimate of drug-likeness (QED) is 0.893. The van der Waals surface area contributed by atoms with Gasteiger partial charge in [-0.05, 0) is 32.0 Å².